The summed E-state index contributed by atoms with van der Waals surface area (Å²) in [5.41, 5.74) is -0.514. The van der Waals surface area contributed by atoms with E-state index in [9.17, 15) is 4.79 Å². The van der Waals surface area contributed by atoms with Gasteiger partial charge in [-0.1, -0.05) is 0 Å². The zero-order valence-corrected chi connectivity index (χ0v) is 10.0. The lowest BCUT2D eigenvalue weighted by Crippen LogP contribution is -2.43. The minimum atomic E-state index is -0.514. The number of alkyl halides is 1. The van der Waals surface area contributed by atoms with Crippen molar-refractivity contribution in [2.24, 2.45) is 5.41 Å². The van der Waals surface area contributed by atoms with Crippen LogP contribution in [0.5, 0.6) is 0 Å². The van der Waals surface area contributed by atoms with Gasteiger partial charge in [0.1, 0.15) is 0 Å². The molecule has 0 aliphatic heterocycles. The smallest absolute Gasteiger partial charge is 0.229 e. The van der Waals surface area contributed by atoms with Crippen LogP contribution in [0.15, 0.2) is 0 Å². The van der Waals surface area contributed by atoms with Gasteiger partial charge in [-0.15, -0.1) is 11.6 Å². The summed E-state index contributed by atoms with van der Waals surface area (Å²) in [6, 6.07) is 2.43. The molecule has 1 amide bonds. The number of carbonyl (C=O) groups is 1. The molecule has 0 atom stereocenters. The molecule has 15 heavy (non-hydrogen) atoms. The van der Waals surface area contributed by atoms with Gasteiger partial charge in [-0.05, 0) is 26.7 Å². The van der Waals surface area contributed by atoms with E-state index in [0.29, 0.717) is 24.9 Å². The van der Waals surface area contributed by atoms with Crippen LogP contribution in [-0.2, 0) is 4.79 Å². The van der Waals surface area contributed by atoms with E-state index in [4.69, 9.17) is 16.9 Å². The van der Waals surface area contributed by atoms with Gasteiger partial charge in [0, 0.05) is 18.5 Å². The van der Waals surface area contributed by atoms with Crippen molar-refractivity contribution in [3.05, 3.63) is 0 Å². The van der Waals surface area contributed by atoms with Gasteiger partial charge >= 0.3 is 0 Å². The van der Waals surface area contributed by atoms with E-state index >= 15 is 0 Å². The number of carbonyl (C=O) groups excluding carboxylic acids is 1. The van der Waals surface area contributed by atoms with Crippen molar-refractivity contribution >= 4 is 17.5 Å². The van der Waals surface area contributed by atoms with Crippen LogP contribution >= 0.6 is 11.6 Å². The van der Waals surface area contributed by atoms with Crippen LogP contribution in [0.1, 0.15) is 33.1 Å². The largest absolute Gasteiger partial charge is 0.338 e. The maximum Gasteiger partial charge on any atom is 0.229 e. The van der Waals surface area contributed by atoms with Crippen LogP contribution in [0, 0.1) is 16.7 Å². The highest BCUT2D eigenvalue weighted by Crippen LogP contribution is 2.31. The zero-order chi connectivity index (χ0) is 11.5. The molecule has 0 aromatic heterocycles. The number of hydrogen-bond acceptors (Lipinski definition) is 2. The number of hydrogen-bond donors (Lipinski definition) is 0. The molecule has 0 aromatic rings. The molecule has 0 spiro atoms. The molecule has 0 N–H and O–H groups in total. The van der Waals surface area contributed by atoms with Gasteiger partial charge in [-0.25, -0.2) is 0 Å². The fourth-order valence-corrected chi connectivity index (χ4v) is 1.57. The first-order valence-electron chi connectivity index (χ1n) is 5.27. The summed E-state index contributed by atoms with van der Waals surface area (Å²) < 4.78 is 0. The van der Waals surface area contributed by atoms with Crippen molar-refractivity contribution in [3.8, 4) is 6.07 Å². The number of nitrogens with zero attached hydrogens (tertiary/aromatic N) is 2. The molecule has 1 aliphatic carbocycles. The highest BCUT2D eigenvalue weighted by Gasteiger charge is 2.38. The fourth-order valence-electron chi connectivity index (χ4n) is 1.45. The van der Waals surface area contributed by atoms with Crippen LogP contribution in [0.25, 0.3) is 0 Å². The molecule has 1 fully saturated rings. The van der Waals surface area contributed by atoms with Gasteiger partial charge in [0.25, 0.3) is 0 Å². The predicted molar refractivity (Wildman–Crippen MR) is 59.5 cm³/mol. The first-order chi connectivity index (χ1) is 7.03. The first kappa shape index (κ1) is 12.3. The average Bonchev–Trinajstić information content (AvgIpc) is 3.02. The Morgan fingerprint density at radius 2 is 2.20 bits per heavy atom. The lowest BCUT2D eigenvalue weighted by atomic mass is 9.94. The van der Waals surface area contributed by atoms with Crippen LogP contribution < -0.4 is 0 Å². The lowest BCUT2D eigenvalue weighted by molar-refractivity contribution is -0.139. The van der Waals surface area contributed by atoms with Gasteiger partial charge in [-0.2, -0.15) is 5.26 Å². The molecule has 1 aliphatic rings. The van der Waals surface area contributed by atoms with Gasteiger partial charge in [0.2, 0.25) is 5.91 Å². The Morgan fingerprint density at radius 3 is 2.60 bits per heavy atom. The molecule has 0 heterocycles. The molecule has 0 radical (unpaired) electrons. The van der Waals surface area contributed by atoms with Crippen molar-refractivity contribution in [2.75, 3.05) is 12.4 Å². The molecule has 3 nitrogen and oxygen atoms in total. The number of nitriles is 1. The van der Waals surface area contributed by atoms with Gasteiger partial charge in [0.05, 0.1) is 17.9 Å². The molecule has 1 rings (SSSR count). The van der Waals surface area contributed by atoms with Crippen LogP contribution in [-0.4, -0.2) is 29.3 Å². The normalized spacial score (nSPS) is 15.9. The van der Waals surface area contributed by atoms with E-state index in [2.05, 4.69) is 6.07 Å². The molecule has 0 aromatic carbocycles. The minimum absolute atomic E-state index is 0.0789. The molecule has 0 saturated heterocycles. The van der Waals surface area contributed by atoms with Crippen LogP contribution in [0.3, 0.4) is 0 Å². The Hall–Kier alpha value is -0.750. The van der Waals surface area contributed by atoms with E-state index in [1.54, 1.807) is 0 Å². The Labute approximate surface area is 96.0 Å². The van der Waals surface area contributed by atoms with Crippen molar-refractivity contribution in [3.63, 3.8) is 0 Å². The predicted octanol–water partition coefficient (Wildman–Crippen LogP) is 2.16. The molecule has 0 unspecified atom stereocenters. The number of halogens is 1. The average molecular weight is 229 g/mol. The van der Waals surface area contributed by atoms with Crippen molar-refractivity contribution in [2.45, 2.75) is 39.2 Å². The van der Waals surface area contributed by atoms with Crippen LogP contribution in [0.2, 0.25) is 0 Å². The molecular weight excluding hydrogens is 212 g/mol. The maximum absolute atomic E-state index is 12.1. The monoisotopic (exact) mass is 228 g/mol. The fraction of sp³-hybridized carbons (Fsp3) is 0.818. The molecule has 1 saturated carbocycles. The van der Waals surface area contributed by atoms with E-state index in [-0.39, 0.29) is 5.91 Å². The highest BCUT2D eigenvalue weighted by atomic mass is 35.5. The summed E-state index contributed by atoms with van der Waals surface area (Å²) >= 11 is 5.78. The SMILES string of the molecule is CC(C)(CCl)C(=O)N(CCC#N)C1CC1. The van der Waals surface area contributed by atoms with Crippen LogP contribution in [0.4, 0.5) is 0 Å². The second kappa shape index (κ2) is 4.85. The maximum atomic E-state index is 12.1. The second-order valence-electron chi connectivity index (χ2n) is 4.66. The summed E-state index contributed by atoms with van der Waals surface area (Å²) in [4.78, 5) is 13.9. The van der Waals surface area contributed by atoms with Gasteiger partial charge in [0.15, 0.2) is 0 Å². The molecular formula is C11H17ClN2O. The van der Waals surface area contributed by atoms with E-state index in [1.165, 1.54) is 0 Å². The molecule has 84 valence electrons. The van der Waals surface area contributed by atoms with E-state index in [1.807, 2.05) is 18.7 Å². The minimum Gasteiger partial charge on any atom is -0.338 e. The Kier molecular flexibility index (Phi) is 3.98. The summed E-state index contributed by atoms with van der Waals surface area (Å²) in [5, 5.41) is 8.55. The third-order valence-electron chi connectivity index (χ3n) is 2.63. The Bertz CT molecular complexity index is 279. The third kappa shape index (κ3) is 3.10. The molecule has 0 bridgehead atoms. The summed E-state index contributed by atoms with van der Waals surface area (Å²) in [5.74, 6) is 0.400. The van der Waals surface area contributed by atoms with Crippen molar-refractivity contribution in [1.29, 1.82) is 5.26 Å². The van der Waals surface area contributed by atoms with Gasteiger partial charge in [-0.3, -0.25) is 4.79 Å². The van der Waals surface area contributed by atoms with Crippen molar-refractivity contribution in [1.82, 2.24) is 4.90 Å². The second-order valence-corrected chi connectivity index (χ2v) is 4.92. The highest BCUT2D eigenvalue weighted by molar-refractivity contribution is 6.19. The lowest BCUT2D eigenvalue weighted by Gasteiger charge is -2.30. The Balaban J connectivity index is 2.63. The third-order valence-corrected chi connectivity index (χ3v) is 3.29. The quantitative estimate of drug-likeness (QED) is 0.677. The van der Waals surface area contributed by atoms with E-state index < -0.39 is 5.41 Å². The number of amides is 1. The van der Waals surface area contributed by atoms with Gasteiger partial charge < -0.3 is 4.90 Å². The topological polar surface area (TPSA) is 44.1 Å². The summed E-state index contributed by atoms with van der Waals surface area (Å²) in [6.45, 7) is 4.24. The van der Waals surface area contributed by atoms with E-state index in [0.717, 1.165) is 12.8 Å². The Morgan fingerprint density at radius 1 is 1.60 bits per heavy atom. The number of rotatable bonds is 5. The summed E-state index contributed by atoms with van der Waals surface area (Å²) in [6.07, 6.45) is 2.53. The summed E-state index contributed by atoms with van der Waals surface area (Å²) in [7, 11) is 0. The molecule has 4 heteroatoms. The zero-order valence-electron chi connectivity index (χ0n) is 9.29. The standard InChI is InChI=1S/C11H17ClN2O/c1-11(2,8-12)10(15)14(7-3-6-13)9-4-5-9/h9H,3-5,7-8H2,1-2H3. The first-order valence-corrected chi connectivity index (χ1v) is 5.80. The van der Waals surface area contributed by atoms with Crippen molar-refractivity contribution < 1.29 is 4.79 Å².